The molecule has 0 saturated heterocycles. The van der Waals surface area contributed by atoms with Gasteiger partial charge in [0.05, 0.1) is 38.9 Å². The number of thiazole rings is 1. The fourth-order valence-electron chi connectivity index (χ4n) is 4.49. The summed E-state index contributed by atoms with van der Waals surface area (Å²) in [5, 5.41) is 13.4. The molecule has 0 aliphatic heterocycles. The van der Waals surface area contributed by atoms with Crippen LogP contribution in [0.3, 0.4) is 0 Å². The molecular formula is C26H26N6OS. The lowest BCUT2D eigenvalue weighted by atomic mass is 9.95. The van der Waals surface area contributed by atoms with Crippen LogP contribution in [0.4, 0.5) is 5.82 Å². The fourth-order valence-corrected chi connectivity index (χ4v) is 5.77. The first-order valence-electron chi connectivity index (χ1n) is 11.7. The minimum absolute atomic E-state index is 0.825. The smallest absolute Gasteiger partial charge is 0.125 e. The highest BCUT2D eigenvalue weighted by atomic mass is 32.1. The van der Waals surface area contributed by atoms with Gasteiger partial charge in [0.1, 0.15) is 12.9 Å². The normalized spacial score (nSPS) is 14.8. The Morgan fingerprint density at radius 1 is 1.18 bits per heavy atom. The summed E-state index contributed by atoms with van der Waals surface area (Å²) in [4.78, 5) is 15.7. The number of hydrogen-bond donors (Lipinski definition) is 1. The van der Waals surface area contributed by atoms with E-state index in [1.807, 2.05) is 42.8 Å². The van der Waals surface area contributed by atoms with Crippen molar-refractivity contribution in [1.82, 2.24) is 19.7 Å². The van der Waals surface area contributed by atoms with Crippen molar-refractivity contribution < 1.29 is 4.84 Å². The number of hydrogen-bond acceptors (Lipinski definition) is 7. The second-order valence-corrected chi connectivity index (χ2v) is 9.89. The van der Waals surface area contributed by atoms with E-state index in [0.29, 0.717) is 0 Å². The molecule has 0 bridgehead atoms. The first-order valence-corrected chi connectivity index (χ1v) is 12.5. The maximum absolute atomic E-state index is 5.14. The highest BCUT2D eigenvalue weighted by Gasteiger charge is 2.31. The number of rotatable bonds is 7. The molecule has 0 radical (unpaired) electrons. The van der Waals surface area contributed by atoms with Crippen LogP contribution in [0.5, 0.6) is 0 Å². The van der Waals surface area contributed by atoms with Crippen molar-refractivity contribution in [3.8, 4) is 27.5 Å². The summed E-state index contributed by atoms with van der Waals surface area (Å²) in [7, 11) is 3.43. The van der Waals surface area contributed by atoms with Gasteiger partial charge in [-0.2, -0.15) is 5.10 Å². The molecule has 34 heavy (non-hydrogen) atoms. The summed E-state index contributed by atoms with van der Waals surface area (Å²) < 4.78 is 2.09. The Morgan fingerprint density at radius 2 is 2.03 bits per heavy atom. The van der Waals surface area contributed by atoms with Crippen molar-refractivity contribution in [2.75, 3.05) is 19.5 Å². The van der Waals surface area contributed by atoms with Crippen LogP contribution in [0, 0.1) is 5.92 Å². The van der Waals surface area contributed by atoms with Gasteiger partial charge in [-0.1, -0.05) is 17.3 Å². The third-order valence-electron chi connectivity index (χ3n) is 6.45. The van der Waals surface area contributed by atoms with E-state index in [2.05, 4.69) is 38.3 Å². The second kappa shape index (κ2) is 8.68. The third-order valence-corrected chi connectivity index (χ3v) is 7.58. The maximum Gasteiger partial charge on any atom is 0.125 e. The molecule has 7 nitrogen and oxygen atoms in total. The van der Waals surface area contributed by atoms with Gasteiger partial charge in [-0.3, -0.25) is 0 Å². The highest BCUT2D eigenvalue weighted by Crippen LogP contribution is 2.44. The second-order valence-electron chi connectivity index (χ2n) is 8.81. The Hall–Kier alpha value is -3.52. The highest BCUT2D eigenvalue weighted by molar-refractivity contribution is 7.15. The van der Waals surface area contributed by atoms with Crippen LogP contribution in [0.25, 0.3) is 27.5 Å². The number of anilines is 1. The number of aryl methyl sites for hydroxylation is 1. The summed E-state index contributed by atoms with van der Waals surface area (Å²) in [5.74, 6) is 1.67. The number of benzene rings is 1. The zero-order valence-electron chi connectivity index (χ0n) is 19.3. The van der Waals surface area contributed by atoms with Crippen molar-refractivity contribution in [1.29, 1.82) is 0 Å². The molecule has 0 unspecified atom stereocenters. The first kappa shape index (κ1) is 21.0. The Balaban J connectivity index is 1.48. The van der Waals surface area contributed by atoms with E-state index in [1.165, 1.54) is 39.7 Å². The summed E-state index contributed by atoms with van der Waals surface area (Å²) in [6.45, 7) is 0. The largest absolute Gasteiger partial charge is 0.399 e. The first-order chi connectivity index (χ1) is 16.7. The zero-order chi connectivity index (χ0) is 23.1. The topological polar surface area (TPSA) is 77.2 Å². The van der Waals surface area contributed by atoms with Crippen LogP contribution in [-0.4, -0.2) is 40.1 Å². The average molecular weight is 471 g/mol. The molecule has 8 heteroatoms. The lowest BCUT2D eigenvalue weighted by Crippen LogP contribution is -2.06. The predicted molar refractivity (Wildman–Crippen MR) is 136 cm³/mol. The van der Waals surface area contributed by atoms with E-state index >= 15 is 0 Å². The van der Waals surface area contributed by atoms with Gasteiger partial charge in [-0.05, 0) is 61.4 Å². The lowest BCUT2D eigenvalue weighted by Gasteiger charge is -2.14. The van der Waals surface area contributed by atoms with E-state index in [4.69, 9.17) is 14.9 Å². The Bertz CT molecular complexity index is 1350. The Morgan fingerprint density at radius 3 is 2.74 bits per heavy atom. The number of pyridine rings is 1. The molecule has 2 aliphatic rings. The Kier molecular flexibility index (Phi) is 5.37. The monoisotopic (exact) mass is 470 g/mol. The summed E-state index contributed by atoms with van der Waals surface area (Å²) in [5.41, 5.74) is 7.69. The van der Waals surface area contributed by atoms with Gasteiger partial charge in [0.2, 0.25) is 0 Å². The minimum atomic E-state index is 0.825. The molecule has 0 amide bonds. The van der Waals surface area contributed by atoms with Crippen LogP contribution < -0.4 is 5.32 Å². The van der Waals surface area contributed by atoms with Crippen LogP contribution in [0.15, 0.2) is 47.8 Å². The van der Waals surface area contributed by atoms with Gasteiger partial charge in [-0.25, -0.2) is 14.6 Å². The standard InChI is InChI=1S/C26H26N6OS/c1-27-22-12-7-18(15-28-22)24-20-10-11-21-26(34-23(30-21)13-16-3-4-16)25(20)32(31-24)19-8-5-17(6-9-19)14-29-33-2/h5-9,12,14-16H,3-4,10-11,13H2,1-2H3,(H,27,28)/b29-14+. The van der Waals surface area contributed by atoms with Crippen LogP contribution in [0.2, 0.25) is 0 Å². The molecule has 1 saturated carbocycles. The summed E-state index contributed by atoms with van der Waals surface area (Å²) >= 11 is 1.85. The van der Waals surface area contributed by atoms with E-state index in [9.17, 15) is 0 Å². The molecule has 2 aliphatic carbocycles. The van der Waals surface area contributed by atoms with E-state index in [-0.39, 0.29) is 0 Å². The summed E-state index contributed by atoms with van der Waals surface area (Å²) in [6, 6.07) is 12.3. The van der Waals surface area contributed by atoms with E-state index in [1.54, 1.807) is 13.3 Å². The molecule has 4 aromatic rings. The molecule has 172 valence electrons. The Labute approximate surface area is 202 Å². The van der Waals surface area contributed by atoms with Crippen LogP contribution in [0.1, 0.15) is 34.7 Å². The zero-order valence-corrected chi connectivity index (χ0v) is 20.1. The molecular weight excluding hydrogens is 444 g/mol. The molecule has 6 rings (SSSR count). The van der Waals surface area contributed by atoms with Crippen LogP contribution >= 0.6 is 11.3 Å². The number of nitrogens with zero attached hydrogens (tertiary/aromatic N) is 5. The number of nitrogens with one attached hydrogen (secondary N) is 1. The molecule has 0 atom stereocenters. The predicted octanol–water partition coefficient (Wildman–Crippen LogP) is 5.13. The number of fused-ring (bicyclic) bond motifs is 3. The molecule has 3 heterocycles. The molecule has 1 fully saturated rings. The van der Waals surface area contributed by atoms with Gasteiger partial charge < -0.3 is 10.2 Å². The summed E-state index contributed by atoms with van der Waals surface area (Å²) in [6.07, 6.45) is 9.28. The minimum Gasteiger partial charge on any atom is -0.399 e. The SMILES string of the molecule is CNc1ccc(-c2nn(-c3ccc(/C=N/OC)cc3)c3c2CCc2nc(CC4CC4)sc2-3)cn1. The van der Waals surface area contributed by atoms with Crippen molar-refractivity contribution in [2.24, 2.45) is 11.1 Å². The average Bonchev–Trinajstić information content (AvgIpc) is 3.46. The maximum atomic E-state index is 5.14. The van der Waals surface area contributed by atoms with Gasteiger partial charge in [0, 0.05) is 30.8 Å². The van der Waals surface area contributed by atoms with Gasteiger partial charge in [-0.15, -0.1) is 11.3 Å². The number of oxime groups is 1. The quantitative estimate of drug-likeness (QED) is 0.299. The number of aromatic nitrogens is 4. The molecule has 1 aromatic carbocycles. The van der Waals surface area contributed by atoms with Crippen molar-refractivity contribution in [3.05, 3.63) is 64.4 Å². The van der Waals surface area contributed by atoms with Crippen molar-refractivity contribution >= 4 is 23.4 Å². The molecule has 1 N–H and O–H groups in total. The van der Waals surface area contributed by atoms with Gasteiger partial charge in [0.15, 0.2) is 0 Å². The van der Waals surface area contributed by atoms with Crippen LogP contribution in [-0.2, 0) is 24.1 Å². The van der Waals surface area contributed by atoms with E-state index < -0.39 is 0 Å². The van der Waals surface area contributed by atoms with E-state index in [0.717, 1.165) is 53.5 Å². The van der Waals surface area contributed by atoms with Gasteiger partial charge in [0.25, 0.3) is 0 Å². The fraction of sp³-hybridized carbons (Fsp3) is 0.308. The molecule has 3 aromatic heterocycles. The lowest BCUT2D eigenvalue weighted by molar-refractivity contribution is 0.215. The molecule has 0 spiro atoms. The van der Waals surface area contributed by atoms with Crippen molar-refractivity contribution in [2.45, 2.75) is 32.1 Å². The van der Waals surface area contributed by atoms with Gasteiger partial charge >= 0.3 is 0 Å². The third kappa shape index (κ3) is 3.88. The van der Waals surface area contributed by atoms with Crippen molar-refractivity contribution in [3.63, 3.8) is 0 Å².